The first-order chi connectivity index (χ1) is 16.0. The molecule has 1 saturated carbocycles. The van der Waals surface area contributed by atoms with Gasteiger partial charge in [-0.2, -0.15) is 0 Å². The van der Waals surface area contributed by atoms with E-state index in [0.717, 1.165) is 57.3 Å². The molecule has 1 aliphatic heterocycles. The van der Waals surface area contributed by atoms with Gasteiger partial charge in [-0.25, -0.2) is 0 Å². The monoisotopic (exact) mass is 456 g/mol. The molecule has 1 fully saturated rings. The van der Waals surface area contributed by atoms with Crippen molar-refractivity contribution in [3.05, 3.63) is 24.1 Å². The number of furan rings is 1. The molecule has 0 unspecified atom stereocenters. The van der Waals surface area contributed by atoms with Gasteiger partial charge in [-0.15, -0.1) is 0 Å². The first-order valence-electron chi connectivity index (χ1n) is 12.9. The van der Waals surface area contributed by atoms with Crippen molar-refractivity contribution < 1.29 is 14.0 Å². The molecule has 3 heterocycles. The highest BCUT2D eigenvalue weighted by Gasteiger charge is 2.48. The Morgan fingerprint density at radius 2 is 1.88 bits per heavy atom. The summed E-state index contributed by atoms with van der Waals surface area (Å²) in [7, 11) is 0. The number of carbonyl (C=O) groups excluding carboxylic acids is 2. The van der Waals surface area contributed by atoms with Crippen molar-refractivity contribution in [2.75, 3.05) is 26.2 Å². The maximum absolute atomic E-state index is 13.8. The van der Waals surface area contributed by atoms with Gasteiger partial charge in [0.15, 0.2) is 5.58 Å². The van der Waals surface area contributed by atoms with E-state index in [1.165, 1.54) is 19.3 Å². The molecule has 0 radical (unpaired) electrons. The fourth-order valence-electron chi connectivity index (χ4n) is 5.56. The van der Waals surface area contributed by atoms with Gasteiger partial charge in [0.25, 0.3) is 5.91 Å². The van der Waals surface area contributed by atoms with Crippen LogP contribution in [0.1, 0.15) is 82.6 Å². The third-order valence-electron chi connectivity index (χ3n) is 7.73. The molecule has 1 aliphatic carbocycles. The van der Waals surface area contributed by atoms with Crippen LogP contribution >= 0.6 is 0 Å². The first kappa shape index (κ1) is 23.9. The van der Waals surface area contributed by atoms with E-state index in [1.54, 1.807) is 6.26 Å². The number of nitrogens with zero attached hydrogens (tertiary/aromatic N) is 3. The molecule has 7 nitrogen and oxygen atoms in total. The molecule has 1 atom stereocenters. The fraction of sp³-hybridized carbons (Fsp3) is 0.692. The second-order valence-electron chi connectivity index (χ2n) is 9.91. The molecule has 0 spiro atoms. The molecule has 2 aromatic heterocycles. The SMILES string of the molecule is CCN(CC)CCCN1C(=O)c2cc3occc3n2C[C@@]1(C)C(=O)NC1CCCCCCC1. The lowest BCUT2D eigenvalue weighted by atomic mass is 9.92. The predicted octanol–water partition coefficient (Wildman–Crippen LogP) is 4.41. The quantitative estimate of drug-likeness (QED) is 0.639. The molecule has 2 aromatic rings. The molecule has 4 rings (SSSR count). The van der Waals surface area contributed by atoms with Crippen molar-refractivity contribution in [1.29, 1.82) is 0 Å². The fourth-order valence-corrected chi connectivity index (χ4v) is 5.56. The van der Waals surface area contributed by atoms with Crippen molar-refractivity contribution in [2.24, 2.45) is 0 Å². The summed E-state index contributed by atoms with van der Waals surface area (Å²) < 4.78 is 7.55. The van der Waals surface area contributed by atoms with Gasteiger partial charge >= 0.3 is 0 Å². The lowest BCUT2D eigenvalue weighted by Gasteiger charge is -2.45. The Kier molecular flexibility index (Phi) is 7.47. The zero-order valence-corrected chi connectivity index (χ0v) is 20.6. The largest absolute Gasteiger partial charge is 0.463 e. The average molecular weight is 457 g/mol. The smallest absolute Gasteiger partial charge is 0.271 e. The minimum atomic E-state index is -0.932. The van der Waals surface area contributed by atoms with E-state index in [-0.39, 0.29) is 17.9 Å². The van der Waals surface area contributed by atoms with Gasteiger partial charge in [-0.3, -0.25) is 9.59 Å². The highest BCUT2D eigenvalue weighted by atomic mass is 16.3. The standard InChI is InChI=1S/C26H40N4O3/c1-4-28(5-2)15-11-16-30-24(31)22-18-23-21(14-17-33-23)29(22)19-26(30,3)25(32)27-20-12-9-7-6-8-10-13-20/h14,17-18,20H,4-13,15-16,19H2,1-3H3,(H,27,32)/t26-/m0/s1. The van der Waals surface area contributed by atoms with E-state index in [9.17, 15) is 9.59 Å². The summed E-state index contributed by atoms with van der Waals surface area (Å²) in [6, 6.07) is 3.90. The van der Waals surface area contributed by atoms with Crippen LogP contribution in [0, 0.1) is 0 Å². The summed E-state index contributed by atoms with van der Waals surface area (Å²) in [5, 5.41) is 3.35. The Labute approximate surface area is 197 Å². The van der Waals surface area contributed by atoms with Crippen LogP contribution in [0.15, 0.2) is 22.8 Å². The van der Waals surface area contributed by atoms with Crippen LogP contribution in [-0.2, 0) is 11.3 Å². The summed E-state index contributed by atoms with van der Waals surface area (Å²) in [4.78, 5) is 31.7. The maximum atomic E-state index is 13.8. The number of hydrogen-bond donors (Lipinski definition) is 1. The third kappa shape index (κ3) is 4.84. The van der Waals surface area contributed by atoms with Gasteiger partial charge < -0.3 is 24.1 Å². The van der Waals surface area contributed by atoms with E-state index in [1.807, 2.05) is 28.5 Å². The topological polar surface area (TPSA) is 70.7 Å². The zero-order valence-electron chi connectivity index (χ0n) is 20.6. The summed E-state index contributed by atoms with van der Waals surface area (Å²) in [5.74, 6) is -0.109. The van der Waals surface area contributed by atoms with Crippen LogP contribution in [0.25, 0.3) is 11.1 Å². The molecule has 0 saturated heterocycles. The second kappa shape index (κ2) is 10.3. The molecular formula is C26H40N4O3. The Morgan fingerprint density at radius 1 is 1.18 bits per heavy atom. The maximum Gasteiger partial charge on any atom is 0.271 e. The molecular weight excluding hydrogens is 416 g/mol. The average Bonchev–Trinajstić information content (AvgIpc) is 3.37. The van der Waals surface area contributed by atoms with Gasteiger partial charge in [0.05, 0.1) is 18.3 Å². The van der Waals surface area contributed by atoms with Crippen molar-refractivity contribution in [2.45, 2.75) is 90.3 Å². The number of amides is 2. The van der Waals surface area contributed by atoms with E-state index in [2.05, 4.69) is 24.1 Å². The summed E-state index contributed by atoms with van der Waals surface area (Å²) in [5.41, 5.74) is 1.26. The number of fused-ring (bicyclic) bond motifs is 3. The molecule has 1 N–H and O–H groups in total. The third-order valence-corrected chi connectivity index (χ3v) is 7.73. The van der Waals surface area contributed by atoms with Gasteiger partial charge in [0, 0.05) is 24.7 Å². The van der Waals surface area contributed by atoms with Crippen molar-refractivity contribution >= 4 is 22.9 Å². The van der Waals surface area contributed by atoms with Crippen LogP contribution in [0.4, 0.5) is 0 Å². The van der Waals surface area contributed by atoms with Gasteiger partial charge in [-0.05, 0) is 45.8 Å². The van der Waals surface area contributed by atoms with E-state index in [4.69, 9.17) is 4.42 Å². The van der Waals surface area contributed by atoms with Gasteiger partial charge in [-0.1, -0.05) is 46.0 Å². The summed E-state index contributed by atoms with van der Waals surface area (Å²) in [6.45, 7) is 10.2. The lowest BCUT2D eigenvalue weighted by molar-refractivity contribution is -0.133. The van der Waals surface area contributed by atoms with E-state index in [0.29, 0.717) is 24.4 Å². The van der Waals surface area contributed by atoms with Crippen LogP contribution in [-0.4, -0.2) is 63.9 Å². The second-order valence-corrected chi connectivity index (χ2v) is 9.91. The van der Waals surface area contributed by atoms with Gasteiger partial charge in [0.1, 0.15) is 11.2 Å². The highest BCUT2D eigenvalue weighted by Crippen LogP contribution is 2.33. The molecule has 33 heavy (non-hydrogen) atoms. The zero-order chi connectivity index (χ0) is 23.4. The molecule has 182 valence electrons. The Hall–Kier alpha value is -2.28. The van der Waals surface area contributed by atoms with Crippen LogP contribution in [0.5, 0.6) is 0 Å². The number of nitrogens with one attached hydrogen (secondary N) is 1. The summed E-state index contributed by atoms with van der Waals surface area (Å²) in [6.07, 6.45) is 10.6. The van der Waals surface area contributed by atoms with E-state index < -0.39 is 5.54 Å². The number of hydrogen-bond acceptors (Lipinski definition) is 4. The number of aromatic nitrogens is 1. The minimum absolute atomic E-state index is 0.0275. The summed E-state index contributed by atoms with van der Waals surface area (Å²) >= 11 is 0. The van der Waals surface area contributed by atoms with E-state index >= 15 is 0 Å². The van der Waals surface area contributed by atoms with Crippen LogP contribution in [0.3, 0.4) is 0 Å². The molecule has 2 aliphatic rings. The van der Waals surface area contributed by atoms with Crippen molar-refractivity contribution in [3.63, 3.8) is 0 Å². The minimum Gasteiger partial charge on any atom is -0.463 e. The number of carbonyl (C=O) groups is 2. The molecule has 0 aromatic carbocycles. The first-order valence-corrected chi connectivity index (χ1v) is 12.9. The number of rotatable bonds is 8. The lowest BCUT2D eigenvalue weighted by Crippen LogP contribution is -2.65. The Bertz CT molecular complexity index is 952. The molecule has 2 amide bonds. The van der Waals surface area contributed by atoms with Gasteiger partial charge in [0.2, 0.25) is 5.91 Å². The van der Waals surface area contributed by atoms with Crippen LogP contribution in [0.2, 0.25) is 0 Å². The predicted molar refractivity (Wildman–Crippen MR) is 130 cm³/mol. The molecule has 7 heteroatoms. The molecule has 0 bridgehead atoms. The highest BCUT2D eigenvalue weighted by molar-refractivity contribution is 6.02. The Morgan fingerprint density at radius 3 is 2.58 bits per heavy atom. The normalized spacial score (nSPS) is 22.4. The van der Waals surface area contributed by atoms with Crippen molar-refractivity contribution in [1.82, 2.24) is 19.7 Å². The van der Waals surface area contributed by atoms with Crippen LogP contribution < -0.4 is 5.32 Å². The Balaban J connectivity index is 1.58. The van der Waals surface area contributed by atoms with Crippen molar-refractivity contribution in [3.8, 4) is 0 Å².